The quantitative estimate of drug-likeness (QED) is 0.857. The second-order valence-corrected chi connectivity index (χ2v) is 5.20. The summed E-state index contributed by atoms with van der Waals surface area (Å²) in [6.07, 6.45) is 0. The van der Waals surface area contributed by atoms with Crippen LogP contribution in [0, 0.1) is 5.82 Å². The molecule has 0 radical (unpaired) electrons. The normalized spacial score (nSPS) is 10.8. The minimum atomic E-state index is -0.395. The first-order valence-corrected chi connectivity index (χ1v) is 6.89. The third-order valence-electron chi connectivity index (χ3n) is 2.80. The molecule has 0 aliphatic heterocycles. The molecule has 0 atom stereocenters. The van der Waals surface area contributed by atoms with E-state index in [2.05, 4.69) is 5.32 Å². The molecule has 20 heavy (non-hydrogen) atoms. The minimum Gasteiger partial charge on any atom is -0.452 e. The average Bonchev–Trinajstić information content (AvgIpc) is 2.41. The highest BCUT2D eigenvalue weighted by Crippen LogP contribution is 2.32. The van der Waals surface area contributed by atoms with Crippen LogP contribution in [-0.4, -0.2) is 6.04 Å². The van der Waals surface area contributed by atoms with Gasteiger partial charge in [0.25, 0.3) is 0 Å². The Hall–Kier alpha value is -1.58. The Balaban J connectivity index is 2.28. The highest BCUT2D eigenvalue weighted by Gasteiger charge is 2.12. The molecule has 0 bridgehead atoms. The molecule has 0 unspecified atom stereocenters. The van der Waals surface area contributed by atoms with Crippen LogP contribution in [0.15, 0.2) is 42.5 Å². The van der Waals surface area contributed by atoms with Crippen molar-refractivity contribution in [2.45, 2.75) is 26.4 Å². The summed E-state index contributed by atoms with van der Waals surface area (Å²) in [5.41, 5.74) is 0.763. The summed E-state index contributed by atoms with van der Waals surface area (Å²) in [5, 5.41) is 3.71. The van der Waals surface area contributed by atoms with Crippen LogP contribution in [0.2, 0.25) is 5.02 Å². The zero-order chi connectivity index (χ0) is 14.5. The van der Waals surface area contributed by atoms with Crippen LogP contribution in [-0.2, 0) is 6.54 Å². The first kappa shape index (κ1) is 14.8. The summed E-state index contributed by atoms with van der Waals surface area (Å²) in [6.45, 7) is 4.61. The molecule has 0 aromatic heterocycles. The second kappa shape index (κ2) is 6.73. The van der Waals surface area contributed by atoms with Crippen molar-refractivity contribution in [3.63, 3.8) is 0 Å². The van der Waals surface area contributed by atoms with E-state index < -0.39 is 5.82 Å². The van der Waals surface area contributed by atoms with E-state index in [1.165, 1.54) is 6.07 Å². The van der Waals surface area contributed by atoms with Crippen LogP contribution in [0.5, 0.6) is 11.5 Å². The van der Waals surface area contributed by atoms with E-state index in [-0.39, 0.29) is 5.75 Å². The summed E-state index contributed by atoms with van der Waals surface area (Å²) in [7, 11) is 0. The van der Waals surface area contributed by atoms with Crippen LogP contribution in [0.25, 0.3) is 0 Å². The Morgan fingerprint density at radius 1 is 1.15 bits per heavy atom. The molecule has 0 aliphatic carbocycles. The molecule has 106 valence electrons. The summed E-state index contributed by atoms with van der Waals surface area (Å²) in [5.74, 6) is 0.270. The van der Waals surface area contributed by atoms with Gasteiger partial charge in [0, 0.05) is 18.2 Å². The second-order valence-electron chi connectivity index (χ2n) is 4.80. The van der Waals surface area contributed by atoms with Gasteiger partial charge in [-0.05, 0) is 18.2 Å². The van der Waals surface area contributed by atoms with E-state index in [1.807, 2.05) is 19.9 Å². The van der Waals surface area contributed by atoms with Crippen molar-refractivity contribution in [3.05, 3.63) is 58.9 Å². The SMILES string of the molecule is CC(C)NCc1cccc(F)c1Oc1ccccc1Cl. The number of nitrogens with one attached hydrogen (secondary N) is 1. The van der Waals surface area contributed by atoms with Gasteiger partial charge in [-0.3, -0.25) is 0 Å². The minimum absolute atomic E-state index is 0.216. The smallest absolute Gasteiger partial charge is 0.167 e. The monoisotopic (exact) mass is 293 g/mol. The van der Waals surface area contributed by atoms with Gasteiger partial charge in [0.2, 0.25) is 0 Å². The van der Waals surface area contributed by atoms with Crippen molar-refractivity contribution in [1.82, 2.24) is 5.32 Å². The van der Waals surface area contributed by atoms with Gasteiger partial charge < -0.3 is 10.1 Å². The fraction of sp³-hybridized carbons (Fsp3) is 0.250. The first-order valence-electron chi connectivity index (χ1n) is 6.51. The molecule has 0 saturated carbocycles. The summed E-state index contributed by atoms with van der Waals surface area (Å²) >= 11 is 6.04. The zero-order valence-electron chi connectivity index (χ0n) is 11.5. The lowest BCUT2D eigenvalue weighted by Crippen LogP contribution is -2.22. The van der Waals surface area contributed by atoms with Gasteiger partial charge in [0.15, 0.2) is 11.6 Å². The third kappa shape index (κ3) is 3.71. The highest BCUT2D eigenvalue weighted by molar-refractivity contribution is 6.32. The van der Waals surface area contributed by atoms with E-state index >= 15 is 0 Å². The molecular weight excluding hydrogens is 277 g/mol. The van der Waals surface area contributed by atoms with Crippen molar-refractivity contribution in [1.29, 1.82) is 0 Å². The van der Waals surface area contributed by atoms with E-state index in [0.717, 1.165) is 5.56 Å². The van der Waals surface area contributed by atoms with Crippen molar-refractivity contribution < 1.29 is 9.13 Å². The van der Waals surface area contributed by atoms with Crippen LogP contribution in [0.3, 0.4) is 0 Å². The maximum atomic E-state index is 14.0. The summed E-state index contributed by atoms with van der Waals surface area (Å²) < 4.78 is 19.7. The molecule has 4 heteroatoms. The topological polar surface area (TPSA) is 21.3 Å². The van der Waals surface area contributed by atoms with Crippen molar-refractivity contribution in [2.75, 3.05) is 0 Å². The Bertz CT molecular complexity index is 586. The largest absolute Gasteiger partial charge is 0.452 e. The number of halogens is 2. The number of hydrogen-bond donors (Lipinski definition) is 1. The number of para-hydroxylation sites is 2. The van der Waals surface area contributed by atoms with E-state index in [9.17, 15) is 4.39 Å². The van der Waals surface area contributed by atoms with E-state index in [0.29, 0.717) is 23.4 Å². The van der Waals surface area contributed by atoms with Crippen LogP contribution in [0.4, 0.5) is 4.39 Å². The Labute approximate surface area is 123 Å². The van der Waals surface area contributed by atoms with Gasteiger partial charge in [0.05, 0.1) is 5.02 Å². The average molecular weight is 294 g/mol. The molecule has 0 aliphatic rings. The lowest BCUT2D eigenvalue weighted by Gasteiger charge is -2.14. The van der Waals surface area contributed by atoms with Gasteiger partial charge in [-0.1, -0.05) is 49.7 Å². The van der Waals surface area contributed by atoms with Gasteiger partial charge in [0.1, 0.15) is 5.75 Å². The number of rotatable bonds is 5. The lowest BCUT2D eigenvalue weighted by atomic mass is 10.2. The predicted molar refractivity (Wildman–Crippen MR) is 79.9 cm³/mol. The fourth-order valence-corrected chi connectivity index (χ4v) is 1.93. The summed E-state index contributed by atoms with van der Waals surface area (Å²) in [4.78, 5) is 0. The van der Waals surface area contributed by atoms with Crippen molar-refractivity contribution in [3.8, 4) is 11.5 Å². The Morgan fingerprint density at radius 3 is 2.60 bits per heavy atom. The number of ether oxygens (including phenoxy) is 1. The molecule has 0 amide bonds. The third-order valence-corrected chi connectivity index (χ3v) is 3.11. The van der Waals surface area contributed by atoms with Gasteiger partial charge in [-0.2, -0.15) is 0 Å². The van der Waals surface area contributed by atoms with Crippen LogP contribution in [0.1, 0.15) is 19.4 Å². The summed E-state index contributed by atoms with van der Waals surface area (Å²) in [6, 6.07) is 12.2. The number of hydrogen-bond acceptors (Lipinski definition) is 2. The number of benzene rings is 2. The van der Waals surface area contributed by atoms with Gasteiger partial charge >= 0.3 is 0 Å². The molecule has 2 rings (SSSR count). The molecule has 2 aromatic rings. The maximum Gasteiger partial charge on any atom is 0.167 e. The van der Waals surface area contributed by atoms with Crippen molar-refractivity contribution >= 4 is 11.6 Å². The highest BCUT2D eigenvalue weighted by atomic mass is 35.5. The van der Waals surface area contributed by atoms with Crippen LogP contribution < -0.4 is 10.1 Å². The molecule has 0 spiro atoms. The van der Waals surface area contributed by atoms with E-state index in [1.54, 1.807) is 30.3 Å². The molecule has 1 N–H and O–H groups in total. The van der Waals surface area contributed by atoms with Gasteiger partial charge in [-0.25, -0.2) is 4.39 Å². The molecular formula is C16H17ClFNO. The standard InChI is InChI=1S/C16H17ClFNO/c1-11(2)19-10-12-6-5-8-14(18)16(12)20-15-9-4-3-7-13(15)17/h3-9,11,19H,10H2,1-2H3. The van der Waals surface area contributed by atoms with Crippen molar-refractivity contribution in [2.24, 2.45) is 0 Å². The maximum absolute atomic E-state index is 14.0. The molecule has 0 fully saturated rings. The molecule has 0 heterocycles. The lowest BCUT2D eigenvalue weighted by molar-refractivity contribution is 0.432. The molecule has 0 saturated heterocycles. The van der Waals surface area contributed by atoms with Gasteiger partial charge in [-0.15, -0.1) is 0 Å². The Morgan fingerprint density at radius 2 is 1.90 bits per heavy atom. The van der Waals surface area contributed by atoms with Crippen LogP contribution >= 0.6 is 11.6 Å². The zero-order valence-corrected chi connectivity index (χ0v) is 12.2. The molecule has 2 nitrogen and oxygen atoms in total. The first-order chi connectivity index (χ1) is 9.58. The fourth-order valence-electron chi connectivity index (χ4n) is 1.76. The molecule has 2 aromatic carbocycles. The Kier molecular flexibility index (Phi) is 4.99. The van der Waals surface area contributed by atoms with E-state index in [4.69, 9.17) is 16.3 Å². The predicted octanol–water partition coefficient (Wildman–Crippen LogP) is 4.77.